The van der Waals surface area contributed by atoms with Crippen LogP contribution in [0.3, 0.4) is 0 Å². The molecule has 0 radical (unpaired) electrons. The Morgan fingerprint density at radius 1 is 1.17 bits per heavy atom. The largest absolute Gasteiger partial charge is 0.349 e. The van der Waals surface area contributed by atoms with Crippen LogP contribution in [0.25, 0.3) is 5.82 Å². The number of nitrogens with zero attached hydrogens (tertiary/aromatic N) is 7. The van der Waals surface area contributed by atoms with Crippen LogP contribution < -0.4 is 10.9 Å². The van der Waals surface area contributed by atoms with Crippen molar-refractivity contribution in [1.82, 2.24) is 40.1 Å². The number of hydrogen-bond donors (Lipinski definition) is 1. The maximum atomic E-state index is 12.0. The molecule has 10 heteroatoms. The predicted octanol–water partition coefficient (Wildman–Crippen LogP) is -0.956. The first kappa shape index (κ1) is 14.5. The summed E-state index contributed by atoms with van der Waals surface area (Å²) in [6, 6.07) is 6.11. The topological polar surface area (TPSA) is 120 Å². The zero-order chi connectivity index (χ0) is 16.1. The summed E-state index contributed by atoms with van der Waals surface area (Å²) in [7, 11) is 0. The molecule has 0 aliphatic carbocycles. The van der Waals surface area contributed by atoms with Crippen LogP contribution in [-0.4, -0.2) is 47.2 Å². The second-order valence-corrected chi connectivity index (χ2v) is 4.46. The fourth-order valence-corrected chi connectivity index (χ4v) is 1.82. The Hall–Kier alpha value is -3.43. The zero-order valence-corrected chi connectivity index (χ0v) is 11.9. The van der Waals surface area contributed by atoms with Gasteiger partial charge in [-0.25, -0.2) is 14.3 Å². The Labute approximate surface area is 129 Å². The zero-order valence-electron chi connectivity index (χ0n) is 11.9. The van der Waals surface area contributed by atoms with Crippen LogP contribution in [0.4, 0.5) is 0 Å². The second-order valence-electron chi connectivity index (χ2n) is 4.46. The molecule has 3 heterocycles. The molecule has 0 aliphatic heterocycles. The molecule has 0 aliphatic rings. The van der Waals surface area contributed by atoms with E-state index < -0.39 is 0 Å². The van der Waals surface area contributed by atoms with Gasteiger partial charge in [0.15, 0.2) is 11.5 Å². The van der Waals surface area contributed by atoms with Crippen molar-refractivity contribution in [1.29, 1.82) is 0 Å². The lowest BCUT2D eigenvalue weighted by molar-refractivity contribution is 0.0945. The number of nitrogens with one attached hydrogen (secondary N) is 1. The monoisotopic (exact) mass is 312 g/mol. The Balaban J connectivity index is 1.58. The highest BCUT2D eigenvalue weighted by atomic mass is 16.2. The standard InChI is InChI=1S/C13H12N8O2/c22-12-2-1-5-16-20(12)7-6-15-13(23)10-3-4-11(19-18-10)21-9-14-8-17-21/h1-5,8-9H,6-7H2,(H,15,23). The first-order valence-corrected chi connectivity index (χ1v) is 6.73. The van der Waals surface area contributed by atoms with Gasteiger partial charge < -0.3 is 5.32 Å². The lowest BCUT2D eigenvalue weighted by Gasteiger charge is -2.06. The van der Waals surface area contributed by atoms with Crippen LogP contribution in [0.1, 0.15) is 10.5 Å². The summed E-state index contributed by atoms with van der Waals surface area (Å²) in [6.45, 7) is 0.526. The molecule has 0 spiro atoms. The fraction of sp³-hybridized carbons (Fsp3) is 0.154. The van der Waals surface area contributed by atoms with E-state index in [9.17, 15) is 9.59 Å². The third kappa shape index (κ3) is 3.43. The van der Waals surface area contributed by atoms with Gasteiger partial charge in [0.25, 0.3) is 11.5 Å². The normalized spacial score (nSPS) is 10.4. The molecule has 0 aromatic carbocycles. The molecule has 0 saturated carbocycles. The van der Waals surface area contributed by atoms with E-state index >= 15 is 0 Å². The summed E-state index contributed by atoms with van der Waals surface area (Å²) >= 11 is 0. The minimum Gasteiger partial charge on any atom is -0.349 e. The minimum atomic E-state index is -0.383. The van der Waals surface area contributed by atoms with Gasteiger partial charge in [-0.3, -0.25) is 9.59 Å². The number of amides is 1. The van der Waals surface area contributed by atoms with Crippen molar-refractivity contribution in [3.63, 3.8) is 0 Å². The van der Waals surface area contributed by atoms with Crippen molar-refractivity contribution in [2.24, 2.45) is 0 Å². The van der Waals surface area contributed by atoms with E-state index in [1.807, 2.05) is 0 Å². The van der Waals surface area contributed by atoms with Gasteiger partial charge in [0, 0.05) is 18.8 Å². The average molecular weight is 312 g/mol. The number of rotatable bonds is 5. The van der Waals surface area contributed by atoms with Gasteiger partial charge in [-0.15, -0.1) is 10.2 Å². The number of carbonyl (C=O) groups excluding carboxylic acids is 1. The molecule has 1 amide bonds. The van der Waals surface area contributed by atoms with E-state index in [-0.39, 0.29) is 30.2 Å². The van der Waals surface area contributed by atoms with Crippen LogP contribution in [0.2, 0.25) is 0 Å². The van der Waals surface area contributed by atoms with E-state index in [4.69, 9.17) is 0 Å². The minimum absolute atomic E-state index is 0.169. The van der Waals surface area contributed by atoms with Gasteiger partial charge in [0.05, 0.1) is 6.54 Å². The molecule has 3 aromatic rings. The Bertz CT molecular complexity index is 841. The first-order chi connectivity index (χ1) is 11.2. The lowest BCUT2D eigenvalue weighted by atomic mass is 10.3. The third-order valence-electron chi connectivity index (χ3n) is 2.93. The molecule has 0 saturated heterocycles. The average Bonchev–Trinajstić information content (AvgIpc) is 3.11. The van der Waals surface area contributed by atoms with Crippen molar-refractivity contribution in [2.75, 3.05) is 6.54 Å². The van der Waals surface area contributed by atoms with Crippen molar-refractivity contribution in [3.8, 4) is 5.82 Å². The Morgan fingerprint density at radius 2 is 2.09 bits per heavy atom. The molecule has 0 atom stereocenters. The highest BCUT2D eigenvalue weighted by Crippen LogP contribution is 2.00. The summed E-state index contributed by atoms with van der Waals surface area (Å²) in [5.41, 5.74) is -0.0547. The molecule has 0 bridgehead atoms. The number of carbonyl (C=O) groups is 1. The molecule has 3 rings (SSSR count). The van der Waals surface area contributed by atoms with Crippen LogP contribution in [0, 0.1) is 0 Å². The Kier molecular flexibility index (Phi) is 4.13. The van der Waals surface area contributed by atoms with Crippen LogP contribution in [0.5, 0.6) is 0 Å². The van der Waals surface area contributed by atoms with E-state index in [2.05, 4.69) is 30.7 Å². The molecule has 0 fully saturated rings. The van der Waals surface area contributed by atoms with Crippen molar-refractivity contribution in [2.45, 2.75) is 6.54 Å². The fourth-order valence-electron chi connectivity index (χ4n) is 1.82. The molecule has 116 valence electrons. The van der Waals surface area contributed by atoms with Crippen LogP contribution in [0.15, 0.2) is 47.9 Å². The van der Waals surface area contributed by atoms with Gasteiger partial charge in [-0.2, -0.15) is 10.2 Å². The summed E-state index contributed by atoms with van der Waals surface area (Å²) in [4.78, 5) is 27.2. The van der Waals surface area contributed by atoms with Crippen LogP contribution in [-0.2, 0) is 6.54 Å². The van der Waals surface area contributed by atoms with E-state index in [0.29, 0.717) is 5.82 Å². The van der Waals surface area contributed by atoms with Gasteiger partial charge >= 0.3 is 0 Å². The SMILES string of the molecule is O=C(NCCn1ncccc1=O)c1ccc(-n2cncn2)nn1. The smallest absolute Gasteiger partial charge is 0.271 e. The molecule has 3 aromatic heterocycles. The van der Waals surface area contributed by atoms with E-state index in [1.54, 1.807) is 12.1 Å². The summed E-state index contributed by atoms with van der Waals surface area (Å²) < 4.78 is 2.70. The first-order valence-electron chi connectivity index (χ1n) is 6.73. The summed E-state index contributed by atoms with van der Waals surface area (Å²) in [5, 5.41) is 18.2. The molecular weight excluding hydrogens is 300 g/mol. The van der Waals surface area contributed by atoms with Gasteiger partial charge in [0.1, 0.15) is 12.7 Å². The third-order valence-corrected chi connectivity index (χ3v) is 2.93. The van der Waals surface area contributed by atoms with E-state index in [0.717, 1.165) is 0 Å². The van der Waals surface area contributed by atoms with E-state index in [1.165, 1.54) is 40.3 Å². The van der Waals surface area contributed by atoms with Crippen molar-refractivity contribution >= 4 is 5.91 Å². The predicted molar refractivity (Wildman–Crippen MR) is 77.8 cm³/mol. The maximum Gasteiger partial charge on any atom is 0.271 e. The van der Waals surface area contributed by atoms with Crippen LogP contribution >= 0.6 is 0 Å². The number of aromatic nitrogens is 7. The molecular formula is C13H12N8O2. The molecule has 10 nitrogen and oxygen atoms in total. The second kappa shape index (κ2) is 6.56. The van der Waals surface area contributed by atoms with Gasteiger partial charge in [-0.1, -0.05) is 0 Å². The Morgan fingerprint density at radius 3 is 2.78 bits per heavy atom. The lowest BCUT2D eigenvalue weighted by Crippen LogP contribution is -2.32. The number of hydrogen-bond acceptors (Lipinski definition) is 7. The summed E-state index contributed by atoms with van der Waals surface area (Å²) in [6.07, 6.45) is 4.37. The quantitative estimate of drug-likeness (QED) is 0.644. The highest BCUT2D eigenvalue weighted by molar-refractivity contribution is 5.92. The molecule has 23 heavy (non-hydrogen) atoms. The highest BCUT2D eigenvalue weighted by Gasteiger charge is 2.08. The molecule has 0 unspecified atom stereocenters. The van der Waals surface area contributed by atoms with Crippen molar-refractivity contribution < 1.29 is 4.79 Å². The molecule has 1 N–H and O–H groups in total. The van der Waals surface area contributed by atoms with Crippen molar-refractivity contribution in [3.05, 3.63) is 59.2 Å². The van der Waals surface area contributed by atoms with Gasteiger partial charge in [-0.05, 0) is 18.2 Å². The maximum absolute atomic E-state index is 12.0. The summed E-state index contributed by atoms with van der Waals surface area (Å²) in [5.74, 6) is 0.0747. The van der Waals surface area contributed by atoms with Gasteiger partial charge in [0.2, 0.25) is 0 Å².